The molecule has 0 aromatic carbocycles. The third kappa shape index (κ3) is 2.67. The van der Waals surface area contributed by atoms with Crippen LogP contribution in [-0.4, -0.2) is 34.0 Å². The van der Waals surface area contributed by atoms with E-state index in [4.69, 9.17) is 5.11 Å². The molecular formula is C13H17FN2O2. The number of carboxylic acid groups (broad SMARTS) is 1. The van der Waals surface area contributed by atoms with Crippen molar-refractivity contribution in [3.05, 3.63) is 29.8 Å². The van der Waals surface area contributed by atoms with Gasteiger partial charge in [0.05, 0.1) is 23.9 Å². The maximum absolute atomic E-state index is 12.8. The Morgan fingerprint density at radius 3 is 2.94 bits per heavy atom. The zero-order valence-corrected chi connectivity index (χ0v) is 10.3. The van der Waals surface area contributed by atoms with E-state index < -0.39 is 5.97 Å². The molecular weight excluding hydrogens is 235 g/mol. The van der Waals surface area contributed by atoms with Gasteiger partial charge in [0.25, 0.3) is 0 Å². The van der Waals surface area contributed by atoms with Gasteiger partial charge >= 0.3 is 5.97 Å². The van der Waals surface area contributed by atoms with Crippen LogP contribution in [0, 0.1) is 11.7 Å². The summed E-state index contributed by atoms with van der Waals surface area (Å²) < 4.78 is 12.8. The summed E-state index contributed by atoms with van der Waals surface area (Å²) in [6.07, 6.45) is 2.72. The van der Waals surface area contributed by atoms with Crippen LogP contribution in [0.3, 0.4) is 0 Å². The van der Waals surface area contributed by atoms with Crippen LogP contribution in [0.4, 0.5) is 4.39 Å². The van der Waals surface area contributed by atoms with E-state index in [0.717, 1.165) is 18.7 Å². The first kappa shape index (κ1) is 13.0. The van der Waals surface area contributed by atoms with E-state index in [0.29, 0.717) is 13.0 Å². The second kappa shape index (κ2) is 5.44. The molecule has 0 radical (unpaired) electrons. The van der Waals surface area contributed by atoms with Crippen LogP contribution in [0.5, 0.6) is 0 Å². The van der Waals surface area contributed by atoms with Gasteiger partial charge in [0.15, 0.2) is 0 Å². The van der Waals surface area contributed by atoms with E-state index in [1.165, 1.54) is 12.3 Å². The van der Waals surface area contributed by atoms with E-state index in [-0.39, 0.29) is 17.8 Å². The Morgan fingerprint density at radius 1 is 1.67 bits per heavy atom. The second-order valence-electron chi connectivity index (χ2n) is 4.64. The van der Waals surface area contributed by atoms with Gasteiger partial charge in [0, 0.05) is 6.54 Å². The molecule has 0 aliphatic carbocycles. The molecule has 1 aromatic heterocycles. The zero-order chi connectivity index (χ0) is 13.1. The van der Waals surface area contributed by atoms with Gasteiger partial charge in [-0.05, 0) is 31.5 Å². The topological polar surface area (TPSA) is 53.4 Å². The first-order chi connectivity index (χ1) is 8.61. The van der Waals surface area contributed by atoms with Crippen molar-refractivity contribution in [3.63, 3.8) is 0 Å². The van der Waals surface area contributed by atoms with Crippen LogP contribution in [0.1, 0.15) is 31.5 Å². The number of likely N-dealkylation sites (tertiary alicyclic amines) is 1. The fourth-order valence-electron chi connectivity index (χ4n) is 2.51. The minimum Gasteiger partial charge on any atom is -0.481 e. The van der Waals surface area contributed by atoms with Gasteiger partial charge in [-0.3, -0.25) is 14.7 Å². The van der Waals surface area contributed by atoms with Crippen molar-refractivity contribution >= 4 is 5.97 Å². The summed E-state index contributed by atoms with van der Waals surface area (Å²) in [5, 5.41) is 9.00. The SMILES string of the molecule is CCC(c1ccc(F)cn1)N1CCC(C(=O)O)C1. The van der Waals surface area contributed by atoms with Crippen molar-refractivity contribution in [1.29, 1.82) is 0 Å². The summed E-state index contributed by atoms with van der Waals surface area (Å²) in [7, 11) is 0. The molecule has 2 heterocycles. The van der Waals surface area contributed by atoms with Crippen LogP contribution >= 0.6 is 0 Å². The molecule has 0 amide bonds. The van der Waals surface area contributed by atoms with Crippen molar-refractivity contribution in [2.75, 3.05) is 13.1 Å². The Morgan fingerprint density at radius 2 is 2.44 bits per heavy atom. The normalized spacial score (nSPS) is 22.0. The number of hydrogen-bond donors (Lipinski definition) is 1. The van der Waals surface area contributed by atoms with Crippen molar-refractivity contribution in [3.8, 4) is 0 Å². The first-order valence-corrected chi connectivity index (χ1v) is 6.20. The van der Waals surface area contributed by atoms with Crippen molar-refractivity contribution in [2.24, 2.45) is 5.92 Å². The molecule has 5 heteroatoms. The number of hydrogen-bond acceptors (Lipinski definition) is 3. The Labute approximate surface area is 105 Å². The predicted molar refractivity (Wildman–Crippen MR) is 64.5 cm³/mol. The number of carboxylic acids is 1. The minimum atomic E-state index is -0.737. The lowest BCUT2D eigenvalue weighted by Gasteiger charge is -2.26. The lowest BCUT2D eigenvalue weighted by Crippen LogP contribution is -2.28. The van der Waals surface area contributed by atoms with Crippen molar-refractivity contribution < 1.29 is 14.3 Å². The number of halogens is 1. The molecule has 1 saturated heterocycles. The Balaban J connectivity index is 2.10. The highest BCUT2D eigenvalue weighted by atomic mass is 19.1. The Hall–Kier alpha value is -1.49. The van der Waals surface area contributed by atoms with E-state index in [1.54, 1.807) is 6.07 Å². The second-order valence-corrected chi connectivity index (χ2v) is 4.64. The third-order valence-electron chi connectivity index (χ3n) is 3.49. The lowest BCUT2D eigenvalue weighted by atomic mass is 10.1. The third-order valence-corrected chi connectivity index (χ3v) is 3.49. The maximum Gasteiger partial charge on any atom is 0.307 e. The molecule has 2 unspecified atom stereocenters. The molecule has 4 nitrogen and oxygen atoms in total. The fraction of sp³-hybridized carbons (Fsp3) is 0.538. The number of carbonyl (C=O) groups is 1. The molecule has 18 heavy (non-hydrogen) atoms. The molecule has 0 spiro atoms. The number of pyridine rings is 1. The summed E-state index contributed by atoms with van der Waals surface area (Å²) in [4.78, 5) is 17.2. The lowest BCUT2D eigenvalue weighted by molar-refractivity contribution is -0.141. The molecule has 0 saturated carbocycles. The molecule has 1 aliphatic rings. The van der Waals surface area contributed by atoms with Gasteiger partial charge in [-0.1, -0.05) is 6.92 Å². The number of aromatic nitrogens is 1. The minimum absolute atomic E-state index is 0.0787. The molecule has 0 bridgehead atoms. The van der Waals surface area contributed by atoms with Crippen LogP contribution < -0.4 is 0 Å². The number of nitrogens with zero attached hydrogens (tertiary/aromatic N) is 2. The van der Waals surface area contributed by atoms with Gasteiger partial charge in [-0.2, -0.15) is 0 Å². The van der Waals surface area contributed by atoms with Crippen LogP contribution in [-0.2, 0) is 4.79 Å². The molecule has 2 atom stereocenters. The number of aliphatic carboxylic acids is 1. The van der Waals surface area contributed by atoms with Gasteiger partial charge < -0.3 is 5.11 Å². The van der Waals surface area contributed by atoms with E-state index >= 15 is 0 Å². The average molecular weight is 252 g/mol. The molecule has 1 N–H and O–H groups in total. The van der Waals surface area contributed by atoms with Crippen molar-refractivity contribution in [1.82, 2.24) is 9.88 Å². The largest absolute Gasteiger partial charge is 0.481 e. The quantitative estimate of drug-likeness (QED) is 0.891. The van der Waals surface area contributed by atoms with E-state index in [9.17, 15) is 9.18 Å². The molecule has 1 aliphatic heterocycles. The fourth-order valence-corrected chi connectivity index (χ4v) is 2.51. The van der Waals surface area contributed by atoms with Gasteiger partial charge in [0.1, 0.15) is 5.82 Å². The summed E-state index contributed by atoms with van der Waals surface area (Å²) in [5.74, 6) is -1.38. The highest BCUT2D eigenvalue weighted by molar-refractivity contribution is 5.70. The summed E-state index contributed by atoms with van der Waals surface area (Å²) in [6, 6.07) is 3.16. The summed E-state index contributed by atoms with van der Waals surface area (Å²) in [6.45, 7) is 3.34. The smallest absolute Gasteiger partial charge is 0.307 e. The monoisotopic (exact) mass is 252 g/mol. The summed E-state index contributed by atoms with van der Waals surface area (Å²) in [5.41, 5.74) is 0.810. The highest BCUT2D eigenvalue weighted by Crippen LogP contribution is 2.29. The van der Waals surface area contributed by atoms with E-state index in [1.807, 2.05) is 6.92 Å². The zero-order valence-electron chi connectivity index (χ0n) is 10.3. The van der Waals surface area contributed by atoms with Gasteiger partial charge in [-0.25, -0.2) is 4.39 Å². The molecule has 1 aromatic rings. The van der Waals surface area contributed by atoms with Gasteiger partial charge in [0.2, 0.25) is 0 Å². The first-order valence-electron chi connectivity index (χ1n) is 6.20. The predicted octanol–water partition coefficient (Wildman–Crippen LogP) is 2.08. The maximum atomic E-state index is 12.8. The average Bonchev–Trinajstić information content (AvgIpc) is 2.82. The van der Waals surface area contributed by atoms with Crippen LogP contribution in [0.2, 0.25) is 0 Å². The Bertz CT molecular complexity index is 422. The highest BCUT2D eigenvalue weighted by Gasteiger charge is 2.32. The molecule has 98 valence electrons. The van der Waals surface area contributed by atoms with Crippen LogP contribution in [0.15, 0.2) is 18.3 Å². The Kier molecular flexibility index (Phi) is 3.91. The van der Waals surface area contributed by atoms with Crippen LogP contribution in [0.25, 0.3) is 0 Å². The number of rotatable bonds is 4. The summed E-state index contributed by atoms with van der Waals surface area (Å²) >= 11 is 0. The van der Waals surface area contributed by atoms with Crippen molar-refractivity contribution in [2.45, 2.75) is 25.8 Å². The van der Waals surface area contributed by atoms with Gasteiger partial charge in [-0.15, -0.1) is 0 Å². The standard InChI is InChI=1S/C13H17FN2O2/c1-2-12(11-4-3-10(14)7-15-11)16-6-5-9(8-16)13(17)18/h3-4,7,9,12H,2,5-6,8H2,1H3,(H,17,18). The molecule has 2 rings (SSSR count). The van der Waals surface area contributed by atoms with E-state index in [2.05, 4.69) is 9.88 Å². The molecule has 1 fully saturated rings.